The van der Waals surface area contributed by atoms with Crippen LogP contribution in [-0.2, 0) is 16.6 Å². The molecule has 1 aliphatic rings. The van der Waals surface area contributed by atoms with Crippen molar-refractivity contribution in [2.45, 2.75) is 18.4 Å². The van der Waals surface area contributed by atoms with Crippen molar-refractivity contribution in [1.29, 1.82) is 0 Å². The van der Waals surface area contributed by atoms with Crippen LogP contribution in [0.1, 0.15) is 12.5 Å². The van der Waals surface area contributed by atoms with Crippen molar-refractivity contribution in [3.05, 3.63) is 29.8 Å². The molecule has 1 N–H and O–H groups in total. The van der Waals surface area contributed by atoms with Crippen LogP contribution in [0.25, 0.3) is 0 Å². The van der Waals surface area contributed by atoms with Crippen LogP contribution in [0.5, 0.6) is 0 Å². The maximum Gasteiger partial charge on any atom is 0.253 e. The Morgan fingerprint density at radius 2 is 2.14 bits per heavy atom. The number of benzene rings is 1. The van der Waals surface area contributed by atoms with Crippen LogP contribution in [0.3, 0.4) is 0 Å². The molecule has 0 aliphatic carbocycles. The highest BCUT2D eigenvalue weighted by Crippen LogP contribution is 2.21. The summed E-state index contributed by atoms with van der Waals surface area (Å²) >= 11 is 0. The lowest BCUT2D eigenvalue weighted by atomic mass is 10.2. The summed E-state index contributed by atoms with van der Waals surface area (Å²) in [7, 11) is -3.33. The quantitative estimate of drug-likeness (QED) is 0.746. The summed E-state index contributed by atoms with van der Waals surface area (Å²) in [6.45, 7) is 3.20. The first-order chi connectivity index (χ1) is 6.63. The van der Waals surface area contributed by atoms with E-state index in [-0.39, 0.29) is 0 Å². The van der Waals surface area contributed by atoms with Crippen molar-refractivity contribution >= 4 is 10.0 Å². The fourth-order valence-corrected chi connectivity index (χ4v) is 2.90. The Bertz CT molecular complexity index is 442. The van der Waals surface area contributed by atoms with Gasteiger partial charge in [-0.15, -0.1) is 4.83 Å². The summed E-state index contributed by atoms with van der Waals surface area (Å²) in [5, 5.41) is 1.68. The van der Waals surface area contributed by atoms with Crippen molar-refractivity contribution in [3.63, 3.8) is 0 Å². The average Bonchev–Trinajstić information content (AvgIpc) is 2.17. The molecule has 0 saturated heterocycles. The number of nitrogens with zero attached hydrogens (tertiary/aromatic N) is 1. The zero-order valence-corrected chi connectivity index (χ0v) is 8.71. The standard InChI is InChI=1S/C9H12N2O2S/c1-2-11-7-8-5-3-4-6-9(8)14(12,13)10-11/h3-6,10H,2,7H2,1H3. The van der Waals surface area contributed by atoms with Gasteiger partial charge in [-0.1, -0.05) is 25.1 Å². The van der Waals surface area contributed by atoms with E-state index in [0.29, 0.717) is 18.0 Å². The molecule has 0 spiro atoms. The van der Waals surface area contributed by atoms with Crippen LogP contribution in [0, 0.1) is 0 Å². The van der Waals surface area contributed by atoms with Gasteiger partial charge in [-0.25, -0.2) is 13.4 Å². The third kappa shape index (κ3) is 1.54. The predicted octanol–water partition coefficient (Wildman–Crippen LogP) is 0.715. The maximum atomic E-state index is 11.7. The molecule has 5 heteroatoms. The Morgan fingerprint density at radius 1 is 1.43 bits per heavy atom. The lowest BCUT2D eigenvalue weighted by molar-refractivity contribution is 0.234. The Kier molecular flexibility index (Phi) is 2.30. The fraction of sp³-hybridized carbons (Fsp3) is 0.333. The third-order valence-electron chi connectivity index (χ3n) is 2.25. The minimum atomic E-state index is -3.33. The maximum absolute atomic E-state index is 11.7. The number of hydrogen-bond donors (Lipinski definition) is 1. The monoisotopic (exact) mass is 212 g/mol. The van der Waals surface area contributed by atoms with Crippen molar-refractivity contribution < 1.29 is 8.42 Å². The molecule has 0 bridgehead atoms. The topological polar surface area (TPSA) is 49.4 Å². The van der Waals surface area contributed by atoms with E-state index >= 15 is 0 Å². The zero-order chi connectivity index (χ0) is 10.2. The Balaban J connectivity index is 2.53. The average molecular weight is 212 g/mol. The van der Waals surface area contributed by atoms with Gasteiger partial charge in [0.05, 0.1) is 4.90 Å². The lowest BCUT2D eigenvalue weighted by Crippen LogP contribution is -2.45. The van der Waals surface area contributed by atoms with Crippen molar-refractivity contribution in [1.82, 2.24) is 9.84 Å². The molecule has 76 valence electrons. The van der Waals surface area contributed by atoms with E-state index in [1.165, 1.54) is 0 Å². The van der Waals surface area contributed by atoms with Crippen molar-refractivity contribution in [2.75, 3.05) is 6.54 Å². The van der Waals surface area contributed by atoms with Gasteiger partial charge >= 0.3 is 0 Å². The molecule has 0 fully saturated rings. The van der Waals surface area contributed by atoms with Gasteiger partial charge in [-0.3, -0.25) is 0 Å². The van der Waals surface area contributed by atoms with E-state index in [9.17, 15) is 8.42 Å². The molecule has 1 aromatic carbocycles. The highest BCUT2D eigenvalue weighted by Gasteiger charge is 2.26. The van der Waals surface area contributed by atoms with E-state index in [1.807, 2.05) is 19.1 Å². The molecule has 4 nitrogen and oxygen atoms in total. The molecular weight excluding hydrogens is 200 g/mol. The van der Waals surface area contributed by atoms with Crippen LogP contribution in [0.4, 0.5) is 0 Å². The Hall–Kier alpha value is -0.910. The highest BCUT2D eigenvalue weighted by atomic mass is 32.2. The Morgan fingerprint density at radius 3 is 2.86 bits per heavy atom. The Labute approximate surface area is 83.6 Å². The van der Waals surface area contributed by atoms with Gasteiger partial charge < -0.3 is 0 Å². The fourth-order valence-electron chi connectivity index (χ4n) is 1.53. The first-order valence-electron chi connectivity index (χ1n) is 4.49. The molecule has 0 saturated carbocycles. The second kappa shape index (κ2) is 3.34. The van der Waals surface area contributed by atoms with E-state index in [0.717, 1.165) is 5.56 Å². The number of hydrazine groups is 1. The molecule has 1 heterocycles. The smallest absolute Gasteiger partial charge is 0.226 e. The first-order valence-corrected chi connectivity index (χ1v) is 5.97. The van der Waals surface area contributed by atoms with Crippen molar-refractivity contribution in [2.24, 2.45) is 0 Å². The van der Waals surface area contributed by atoms with Gasteiger partial charge in [0.1, 0.15) is 0 Å². The van der Waals surface area contributed by atoms with Gasteiger partial charge in [0, 0.05) is 13.1 Å². The second-order valence-corrected chi connectivity index (χ2v) is 4.85. The summed E-state index contributed by atoms with van der Waals surface area (Å²) < 4.78 is 23.4. The molecule has 0 unspecified atom stereocenters. The van der Waals surface area contributed by atoms with Crippen LogP contribution in [0.15, 0.2) is 29.2 Å². The van der Waals surface area contributed by atoms with Crippen LogP contribution in [0.2, 0.25) is 0 Å². The van der Waals surface area contributed by atoms with Gasteiger partial charge in [-0.2, -0.15) is 0 Å². The number of hydrogen-bond acceptors (Lipinski definition) is 3. The molecule has 0 atom stereocenters. The molecule has 0 radical (unpaired) electrons. The van der Waals surface area contributed by atoms with Gasteiger partial charge in [0.2, 0.25) is 0 Å². The normalized spacial score (nSPS) is 20.4. The first kappa shape index (κ1) is 9.64. The molecule has 14 heavy (non-hydrogen) atoms. The number of nitrogens with one attached hydrogen (secondary N) is 1. The minimum Gasteiger partial charge on any atom is -0.226 e. The zero-order valence-electron chi connectivity index (χ0n) is 7.90. The molecule has 1 aliphatic heterocycles. The molecule has 0 aromatic heterocycles. The highest BCUT2D eigenvalue weighted by molar-refractivity contribution is 7.89. The SMILES string of the molecule is CCN1Cc2ccccc2S(=O)(=O)N1. The van der Waals surface area contributed by atoms with E-state index in [2.05, 4.69) is 4.83 Å². The second-order valence-electron chi connectivity index (χ2n) is 3.22. The minimum absolute atomic E-state index is 0.393. The number of rotatable bonds is 1. The summed E-state index contributed by atoms with van der Waals surface area (Å²) in [6.07, 6.45) is 0. The molecule has 1 aromatic rings. The lowest BCUT2D eigenvalue weighted by Gasteiger charge is -2.27. The molecule has 2 rings (SSSR count). The molecular formula is C9H12N2O2S. The van der Waals surface area contributed by atoms with Crippen LogP contribution >= 0.6 is 0 Å². The predicted molar refractivity (Wildman–Crippen MR) is 52.8 cm³/mol. The molecule has 0 amide bonds. The number of fused-ring (bicyclic) bond motifs is 1. The van der Waals surface area contributed by atoms with Crippen molar-refractivity contribution in [3.8, 4) is 0 Å². The van der Waals surface area contributed by atoms with E-state index in [4.69, 9.17) is 0 Å². The number of sulfonamides is 1. The van der Waals surface area contributed by atoms with E-state index < -0.39 is 10.0 Å². The van der Waals surface area contributed by atoms with Gasteiger partial charge in [-0.05, 0) is 11.6 Å². The van der Waals surface area contributed by atoms with Crippen LogP contribution in [-0.4, -0.2) is 20.0 Å². The third-order valence-corrected chi connectivity index (χ3v) is 3.73. The van der Waals surface area contributed by atoms with E-state index in [1.54, 1.807) is 17.1 Å². The van der Waals surface area contributed by atoms with Gasteiger partial charge in [0.25, 0.3) is 10.0 Å². The summed E-state index contributed by atoms with van der Waals surface area (Å²) in [5.74, 6) is 0. The van der Waals surface area contributed by atoms with Crippen LogP contribution < -0.4 is 4.83 Å². The van der Waals surface area contributed by atoms with Gasteiger partial charge in [0.15, 0.2) is 0 Å². The summed E-state index contributed by atoms with van der Waals surface area (Å²) in [5.41, 5.74) is 0.855. The summed E-state index contributed by atoms with van der Waals surface area (Å²) in [4.78, 5) is 2.90. The summed E-state index contributed by atoms with van der Waals surface area (Å²) in [6, 6.07) is 7.06. The largest absolute Gasteiger partial charge is 0.253 e.